The van der Waals surface area contributed by atoms with E-state index in [1.54, 1.807) is 11.3 Å². The fourth-order valence-electron chi connectivity index (χ4n) is 3.68. The predicted molar refractivity (Wildman–Crippen MR) is 113 cm³/mol. The van der Waals surface area contributed by atoms with Gasteiger partial charge in [0.05, 0.1) is 17.1 Å². The van der Waals surface area contributed by atoms with Crippen molar-refractivity contribution in [2.24, 2.45) is 0 Å². The maximum absolute atomic E-state index is 12.7. The van der Waals surface area contributed by atoms with Crippen LogP contribution < -0.4 is 5.32 Å². The summed E-state index contributed by atoms with van der Waals surface area (Å²) in [5.74, 6) is 0.107. The third-order valence-electron chi connectivity index (χ3n) is 5.24. The van der Waals surface area contributed by atoms with Gasteiger partial charge in [0.1, 0.15) is 0 Å². The maximum Gasteiger partial charge on any atom is 0.225 e. The largest absolute Gasteiger partial charge is 0.352 e. The molecule has 146 valence electrons. The number of carbonyl (C=O) groups is 1. The molecule has 1 N–H and O–H groups in total. The molecule has 1 saturated heterocycles. The number of benzene rings is 1. The smallest absolute Gasteiger partial charge is 0.225 e. The highest BCUT2D eigenvalue weighted by atomic mass is 32.1. The van der Waals surface area contributed by atoms with Crippen LogP contribution in [0.5, 0.6) is 0 Å². The summed E-state index contributed by atoms with van der Waals surface area (Å²) in [6.07, 6.45) is 5.28. The summed E-state index contributed by atoms with van der Waals surface area (Å²) in [6.45, 7) is 9.54. The van der Waals surface area contributed by atoms with E-state index in [-0.39, 0.29) is 11.9 Å². The molecule has 1 unspecified atom stereocenters. The molecule has 4 nitrogen and oxygen atoms in total. The lowest BCUT2D eigenvalue weighted by Gasteiger charge is -2.30. The number of aryl methyl sites for hydroxylation is 2. The summed E-state index contributed by atoms with van der Waals surface area (Å²) in [5, 5.41) is 4.27. The second-order valence-corrected chi connectivity index (χ2v) is 8.87. The van der Waals surface area contributed by atoms with E-state index in [1.165, 1.54) is 24.8 Å². The van der Waals surface area contributed by atoms with Gasteiger partial charge in [-0.1, -0.05) is 43.2 Å². The molecule has 1 aromatic carbocycles. The molecule has 0 bridgehead atoms. The number of hydrogen-bond acceptors (Lipinski definition) is 4. The van der Waals surface area contributed by atoms with Crippen LogP contribution in [0.2, 0.25) is 0 Å². The molecular weight excluding hydrogens is 354 g/mol. The predicted octanol–water partition coefficient (Wildman–Crippen LogP) is 4.35. The van der Waals surface area contributed by atoms with Gasteiger partial charge >= 0.3 is 0 Å². The van der Waals surface area contributed by atoms with Crippen molar-refractivity contribution < 1.29 is 4.79 Å². The lowest BCUT2D eigenvalue weighted by Crippen LogP contribution is -2.45. The molecule has 1 fully saturated rings. The third-order valence-corrected chi connectivity index (χ3v) is 6.21. The zero-order valence-electron chi connectivity index (χ0n) is 16.8. The topological polar surface area (TPSA) is 45.2 Å². The minimum Gasteiger partial charge on any atom is -0.352 e. The van der Waals surface area contributed by atoms with Gasteiger partial charge < -0.3 is 10.2 Å². The molecule has 1 aromatic heterocycles. The van der Waals surface area contributed by atoms with Crippen LogP contribution in [-0.2, 0) is 11.2 Å². The van der Waals surface area contributed by atoms with Gasteiger partial charge in [0.25, 0.3) is 0 Å². The minimum atomic E-state index is 0.107. The second-order valence-electron chi connectivity index (χ2n) is 7.58. The molecule has 1 aliphatic heterocycles. The van der Waals surface area contributed by atoms with Gasteiger partial charge in [-0.15, -0.1) is 11.3 Å². The van der Waals surface area contributed by atoms with Crippen LogP contribution in [0, 0.1) is 13.8 Å². The number of likely N-dealkylation sites (tertiary alicyclic amines) is 1. The summed E-state index contributed by atoms with van der Waals surface area (Å²) >= 11 is 1.63. The summed E-state index contributed by atoms with van der Waals surface area (Å²) in [4.78, 5) is 21.0. The Kier molecular flexibility index (Phi) is 7.02. The molecule has 27 heavy (non-hydrogen) atoms. The number of nitrogens with one attached hydrogen (secondary N) is 1. The molecule has 0 saturated carbocycles. The van der Waals surface area contributed by atoms with Crippen LogP contribution in [0.4, 0.5) is 0 Å². The molecule has 0 spiro atoms. The first-order valence-electron chi connectivity index (χ1n) is 10.1. The van der Waals surface area contributed by atoms with Gasteiger partial charge in [0.2, 0.25) is 5.91 Å². The Morgan fingerprint density at radius 3 is 2.56 bits per heavy atom. The summed E-state index contributed by atoms with van der Waals surface area (Å²) in [5.41, 5.74) is 3.28. The highest BCUT2D eigenvalue weighted by Gasteiger charge is 2.19. The molecule has 3 rings (SSSR count). The Labute approximate surface area is 167 Å². The first kappa shape index (κ1) is 20.0. The summed E-state index contributed by atoms with van der Waals surface area (Å²) in [6, 6.07) is 8.61. The van der Waals surface area contributed by atoms with Gasteiger partial charge in [0, 0.05) is 23.0 Å². The van der Waals surface area contributed by atoms with Crippen molar-refractivity contribution in [2.45, 2.75) is 58.9 Å². The Hall–Kier alpha value is -1.72. The fraction of sp³-hybridized carbons (Fsp3) is 0.545. The van der Waals surface area contributed by atoms with Crippen LogP contribution in [0.1, 0.15) is 48.1 Å². The minimum absolute atomic E-state index is 0.107. The average Bonchev–Trinajstić information content (AvgIpc) is 3.02. The molecule has 2 heterocycles. The normalized spacial score (nSPS) is 16.3. The van der Waals surface area contributed by atoms with Crippen molar-refractivity contribution in [3.63, 3.8) is 0 Å². The van der Waals surface area contributed by atoms with Gasteiger partial charge in [-0.25, -0.2) is 4.98 Å². The molecule has 0 radical (unpaired) electrons. The van der Waals surface area contributed by atoms with Gasteiger partial charge in [-0.2, -0.15) is 0 Å². The summed E-state index contributed by atoms with van der Waals surface area (Å²) < 4.78 is 0. The molecule has 2 aromatic rings. The van der Waals surface area contributed by atoms with Crippen LogP contribution in [0.15, 0.2) is 24.3 Å². The van der Waals surface area contributed by atoms with Crippen LogP contribution >= 0.6 is 11.3 Å². The third kappa shape index (κ3) is 5.63. The van der Waals surface area contributed by atoms with Crippen molar-refractivity contribution in [1.29, 1.82) is 0 Å². The lowest BCUT2D eigenvalue weighted by molar-refractivity contribution is -0.121. The van der Waals surface area contributed by atoms with Gasteiger partial charge in [-0.3, -0.25) is 4.79 Å². The quantitative estimate of drug-likeness (QED) is 0.771. The Morgan fingerprint density at radius 2 is 1.89 bits per heavy atom. The van der Waals surface area contributed by atoms with E-state index in [1.807, 2.05) is 6.92 Å². The lowest BCUT2D eigenvalue weighted by atomic mass is 10.1. The van der Waals surface area contributed by atoms with E-state index in [0.717, 1.165) is 47.2 Å². The molecular formula is C22H31N3OS. The number of nitrogens with zero attached hydrogens (tertiary/aromatic N) is 2. The monoisotopic (exact) mass is 385 g/mol. The SMILES string of the molecule is CCC(CN1CCCCC1)NC(=O)Cc1sc(C)nc1-c1ccc(C)cc1. The number of piperidine rings is 1. The summed E-state index contributed by atoms with van der Waals surface area (Å²) in [7, 11) is 0. The Morgan fingerprint density at radius 1 is 1.19 bits per heavy atom. The van der Waals surface area contributed by atoms with Crippen LogP contribution in [-0.4, -0.2) is 41.5 Å². The number of amides is 1. The van der Waals surface area contributed by atoms with Crippen molar-refractivity contribution in [3.05, 3.63) is 39.7 Å². The molecule has 1 amide bonds. The number of thiazole rings is 1. The van der Waals surface area contributed by atoms with Crippen molar-refractivity contribution in [3.8, 4) is 11.3 Å². The average molecular weight is 386 g/mol. The van der Waals surface area contributed by atoms with E-state index in [4.69, 9.17) is 0 Å². The van der Waals surface area contributed by atoms with Crippen molar-refractivity contribution in [2.75, 3.05) is 19.6 Å². The number of hydrogen-bond donors (Lipinski definition) is 1. The second kappa shape index (κ2) is 9.47. The van der Waals surface area contributed by atoms with Gasteiger partial charge in [-0.05, 0) is 46.2 Å². The van der Waals surface area contributed by atoms with Crippen molar-refractivity contribution in [1.82, 2.24) is 15.2 Å². The maximum atomic E-state index is 12.7. The Bertz CT molecular complexity index is 747. The first-order chi connectivity index (χ1) is 13.0. The standard InChI is InChI=1S/C22H31N3OS/c1-4-19(15-25-12-6-5-7-13-25)24-21(26)14-20-22(23-17(3)27-20)18-10-8-16(2)9-11-18/h8-11,19H,4-7,12-15H2,1-3H3,(H,24,26). The van der Waals surface area contributed by atoms with E-state index in [2.05, 4.69) is 53.3 Å². The Balaban J connectivity index is 1.64. The first-order valence-corrected chi connectivity index (χ1v) is 10.9. The molecule has 5 heteroatoms. The molecule has 1 atom stereocenters. The van der Waals surface area contributed by atoms with Crippen molar-refractivity contribution >= 4 is 17.2 Å². The zero-order chi connectivity index (χ0) is 19.2. The van der Waals surface area contributed by atoms with Gasteiger partial charge in [0.15, 0.2) is 0 Å². The van der Waals surface area contributed by atoms with E-state index < -0.39 is 0 Å². The van der Waals surface area contributed by atoms with E-state index >= 15 is 0 Å². The number of aromatic nitrogens is 1. The zero-order valence-corrected chi connectivity index (χ0v) is 17.6. The van der Waals surface area contributed by atoms with E-state index in [0.29, 0.717) is 6.42 Å². The number of carbonyl (C=O) groups excluding carboxylic acids is 1. The number of rotatable bonds is 7. The van der Waals surface area contributed by atoms with E-state index in [9.17, 15) is 4.79 Å². The fourth-order valence-corrected chi connectivity index (χ4v) is 4.64. The highest BCUT2D eigenvalue weighted by molar-refractivity contribution is 7.12. The van der Waals surface area contributed by atoms with Crippen LogP contribution in [0.25, 0.3) is 11.3 Å². The molecule has 1 aliphatic rings. The van der Waals surface area contributed by atoms with Crippen LogP contribution in [0.3, 0.4) is 0 Å². The highest BCUT2D eigenvalue weighted by Crippen LogP contribution is 2.28. The molecule has 0 aliphatic carbocycles.